The van der Waals surface area contributed by atoms with E-state index in [1.54, 1.807) is 18.4 Å². The molecule has 158 valence electrons. The Morgan fingerprint density at radius 3 is 2.52 bits per heavy atom. The van der Waals surface area contributed by atoms with Gasteiger partial charge in [0.25, 0.3) is 5.91 Å². The number of carbonyl (C=O) groups excluding carboxylic acids is 1. The third-order valence-electron chi connectivity index (χ3n) is 4.86. The number of hydrogen-bond acceptors (Lipinski definition) is 4. The molecular weight excluding hydrogens is 497 g/mol. The fraction of sp³-hybridized carbons (Fsp3) is 0.429. The molecular formula is C21H30IN5OS. The number of benzene rings is 1. The third-order valence-corrected chi connectivity index (χ3v) is 5.79. The lowest BCUT2D eigenvalue weighted by molar-refractivity contribution is 0.0963. The van der Waals surface area contributed by atoms with Crippen LogP contribution in [0.5, 0.6) is 0 Å². The van der Waals surface area contributed by atoms with Crippen LogP contribution in [0.4, 0.5) is 5.00 Å². The quantitative estimate of drug-likeness (QED) is 0.306. The minimum absolute atomic E-state index is 0. The molecule has 0 bridgehead atoms. The SMILES string of the molecule is CCNC(=NCc1ccc(C(=O)NC)cc1)NC1CCN(c2cccs2)CC1.I. The monoisotopic (exact) mass is 527 g/mol. The fourth-order valence-corrected chi connectivity index (χ4v) is 4.07. The van der Waals surface area contributed by atoms with Gasteiger partial charge in [0.15, 0.2) is 5.96 Å². The Balaban J connectivity index is 0.00000300. The van der Waals surface area contributed by atoms with Crippen molar-refractivity contribution >= 4 is 52.2 Å². The number of piperidine rings is 1. The summed E-state index contributed by atoms with van der Waals surface area (Å²) < 4.78 is 0. The molecule has 1 aliphatic heterocycles. The van der Waals surface area contributed by atoms with E-state index >= 15 is 0 Å². The highest BCUT2D eigenvalue weighted by Crippen LogP contribution is 2.24. The van der Waals surface area contributed by atoms with Crippen LogP contribution < -0.4 is 20.9 Å². The van der Waals surface area contributed by atoms with E-state index in [2.05, 4.69) is 45.3 Å². The van der Waals surface area contributed by atoms with Gasteiger partial charge in [-0.15, -0.1) is 35.3 Å². The highest BCUT2D eigenvalue weighted by molar-refractivity contribution is 14.0. The standard InChI is InChI=1S/C21H29N5OS.HI/c1-3-23-21(24-15-16-6-8-17(9-7-16)20(27)22-2)25-18-10-12-26(13-11-18)19-5-4-14-28-19;/h4-9,14,18H,3,10-13,15H2,1-2H3,(H,22,27)(H2,23,24,25);1H. The van der Waals surface area contributed by atoms with Gasteiger partial charge in [-0.3, -0.25) is 4.79 Å². The van der Waals surface area contributed by atoms with Crippen LogP contribution >= 0.6 is 35.3 Å². The van der Waals surface area contributed by atoms with Crippen LogP contribution in [0, 0.1) is 0 Å². The van der Waals surface area contributed by atoms with Crippen LogP contribution in [-0.4, -0.2) is 44.6 Å². The summed E-state index contributed by atoms with van der Waals surface area (Å²) in [4.78, 5) is 18.8. The topological polar surface area (TPSA) is 68.8 Å². The zero-order chi connectivity index (χ0) is 19.8. The van der Waals surface area contributed by atoms with E-state index < -0.39 is 0 Å². The van der Waals surface area contributed by atoms with Gasteiger partial charge in [-0.05, 0) is 55.0 Å². The van der Waals surface area contributed by atoms with Gasteiger partial charge in [0.1, 0.15) is 0 Å². The predicted octanol–water partition coefficient (Wildman–Crippen LogP) is 3.45. The second-order valence-electron chi connectivity index (χ2n) is 6.83. The number of nitrogens with one attached hydrogen (secondary N) is 3. The van der Waals surface area contributed by atoms with Crippen molar-refractivity contribution in [1.82, 2.24) is 16.0 Å². The highest BCUT2D eigenvalue weighted by atomic mass is 127. The van der Waals surface area contributed by atoms with Crippen molar-refractivity contribution < 1.29 is 4.79 Å². The van der Waals surface area contributed by atoms with Gasteiger partial charge in [-0.25, -0.2) is 4.99 Å². The molecule has 1 aromatic heterocycles. The molecule has 2 aromatic rings. The van der Waals surface area contributed by atoms with Crippen LogP contribution in [0.1, 0.15) is 35.7 Å². The molecule has 0 atom stereocenters. The first-order valence-corrected chi connectivity index (χ1v) is 10.7. The summed E-state index contributed by atoms with van der Waals surface area (Å²) in [5, 5.41) is 13.1. The van der Waals surface area contributed by atoms with Gasteiger partial charge >= 0.3 is 0 Å². The average molecular weight is 527 g/mol. The fourth-order valence-electron chi connectivity index (χ4n) is 3.28. The molecule has 0 radical (unpaired) electrons. The van der Waals surface area contributed by atoms with Crippen LogP contribution in [-0.2, 0) is 6.54 Å². The van der Waals surface area contributed by atoms with Crippen molar-refractivity contribution in [2.24, 2.45) is 4.99 Å². The largest absolute Gasteiger partial charge is 0.363 e. The zero-order valence-electron chi connectivity index (χ0n) is 17.0. The smallest absolute Gasteiger partial charge is 0.251 e. The number of nitrogens with zero attached hydrogens (tertiary/aromatic N) is 2. The molecule has 1 saturated heterocycles. The summed E-state index contributed by atoms with van der Waals surface area (Å²) >= 11 is 1.81. The third kappa shape index (κ3) is 6.88. The van der Waals surface area contributed by atoms with Gasteiger partial charge in [0, 0.05) is 38.3 Å². The number of guanidine groups is 1. The van der Waals surface area contributed by atoms with Gasteiger partial charge in [0.2, 0.25) is 0 Å². The van der Waals surface area contributed by atoms with E-state index in [0.29, 0.717) is 18.2 Å². The summed E-state index contributed by atoms with van der Waals surface area (Å²) in [5.41, 5.74) is 1.75. The molecule has 0 aliphatic carbocycles. The van der Waals surface area contributed by atoms with Crippen LogP contribution in [0.15, 0.2) is 46.8 Å². The van der Waals surface area contributed by atoms with Crippen LogP contribution in [0.2, 0.25) is 0 Å². The molecule has 1 amide bonds. The summed E-state index contributed by atoms with van der Waals surface area (Å²) in [7, 11) is 1.64. The first-order chi connectivity index (χ1) is 13.7. The van der Waals surface area contributed by atoms with Crippen molar-refractivity contribution in [3.8, 4) is 0 Å². The molecule has 0 unspecified atom stereocenters. The molecule has 8 heteroatoms. The lowest BCUT2D eigenvalue weighted by atomic mass is 10.1. The van der Waals surface area contributed by atoms with Gasteiger partial charge in [-0.2, -0.15) is 0 Å². The number of amides is 1. The number of hydrogen-bond donors (Lipinski definition) is 3. The summed E-state index contributed by atoms with van der Waals surface area (Å²) in [6, 6.07) is 12.3. The Labute approximate surface area is 194 Å². The minimum atomic E-state index is -0.0704. The van der Waals surface area contributed by atoms with Gasteiger partial charge in [0.05, 0.1) is 11.5 Å². The van der Waals surface area contributed by atoms with E-state index in [0.717, 1.165) is 44.0 Å². The normalized spacial score (nSPS) is 14.8. The van der Waals surface area contributed by atoms with Crippen molar-refractivity contribution in [2.45, 2.75) is 32.4 Å². The first kappa shape index (κ1) is 23.5. The van der Waals surface area contributed by atoms with E-state index in [4.69, 9.17) is 4.99 Å². The van der Waals surface area contributed by atoms with E-state index in [9.17, 15) is 4.79 Å². The first-order valence-electron chi connectivity index (χ1n) is 9.84. The van der Waals surface area contributed by atoms with Gasteiger partial charge in [-0.1, -0.05) is 12.1 Å². The Morgan fingerprint density at radius 2 is 1.93 bits per heavy atom. The molecule has 29 heavy (non-hydrogen) atoms. The second-order valence-corrected chi connectivity index (χ2v) is 7.75. The maximum atomic E-state index is 11.6. The summed E-state index contributed by atoms with van der Waals surface area (Å²) in [6.07, 6.45) is 2.20. The Hall–Kier alpha value is -1.81. The zero-order valence-corrected chi connectivity index (χ0v) is 20.1. The number of anilines is 1. The van der Waals surface area contributed by atoms with E-state index in [1.165, 1.54) is 5.00 Å². The molecule has 1 aliphatic rings. The second kappa shape index (κ2) is 12.0. The Kier molecular flexibility index (Phi) is 9.72. The Morgan fingerprint density at radius 1 is 1.21 bits per heavy atom. The van der Waals surface area contributed by atoms with E-state index in [-0.39, 0.29) is 29.9 Å². The van der Waals surface area contributed by atoms with Gasteiger partial charge < -0.3 is 20.9 Å². The van der Waals surface area contributed by atoms with Crippen molar-refractivity contribution in [3.05, 3.63) is 52.9 Å². The van der Waals surface area contributed by atoms with Crippen molar-refractivity contribution in [2.75, 3.05) is 31.6 Å². The molecule has 3 rings (SSSR count). The number of rotatable bonds is 6. The van der Waals surface area contributed by atoms with Crippen LogP contribution in [0.3, 0.4) is 0 Å². The molecule has 6 nitrogen and oxygen atoms in total. The molecule has 2 heterocycles. The maximum Gasteiger partial charge on any atom is 0.251 e. The maximum absolute atomic E-state index is 11.6. The Bertz CT molecular complexity index is 771. The molecule has 1 aromatic carbocycles. The lowest BCUT2D eigenvalue weighted by Crippen LogP contribution is -2.48. The van der Waals surface area contributed by atoms with Crippen molar-refractivity contribution in [3.63, 3.8) is 0 Å². The molecule has 0 saturated carbocycles. The lowest BCUT2D eigenvalue weighted by Gasteiger charge is -2.33. The van der Waals surface area contributed by atoms with Crippen molar-refractivity contribution in [1.29, 1.82) is 0 Å². The summed E-state index contributed by atoms with van der Waals surface area (Å²) in [5.74, 6) is 0.784. The highest BCUT2D eigenvalue weighted by Gasteiger charge is 2.20. The van der Waals surface area contributed by atoms with E-state index in [1.807, 2.05) is 24.3 Å². The predicted molar refractivity (Wildman–Crippen MR) is 133 cm³/mol. The minimum Gasteiger partial charge on any atom is -0.363 e. The number of carbonyl (C=O) groups is 1. The molecule has 1 fully saturated rings. The number of halogens is 1. The average Bonchev–Trinajstić information content (AvgIpc) is 3.27. The number of aliphatic imine (C=N–C) groups is 1. The molecule has 0 spiro atoms. The number of thiophene rings is 1. The molecule has 3 N–H and O–H groups in total. The van der Waals surface area contributed by atoms with Crippen LogP contribution in [0.25, 0.3) is 0 Å². The summed E-state index contributed by atoms with van der Waals surface area (Å²) in [6.45, 7) is 5.62.